The summed E-state index contributed by atoms with van der Waals surface area (Å²) in [5.74, 6) is 3.25. The van der Waals surface area contributed by atoms with E-state index in [1.54, 1.807) is 26.4 Å². The van der Waals surface area contributed by atoms with E-state index in [4.69, 9.17) is 18.9 Å². The molecule has 0 radical (unpaired) electrons. The van der Waals surface area contributed by atoms with Gasteiger partial charge in [-0.25, -0.2) is 0 Å². The standard InChI is InChI=1S/C18H19NO4.C18H19NO3/c1-19-8-7-17-14-10-3-4-12(22-2)15(14)23-16(17)11(20)5-6-18(17,21)13(19)9-10;1-19-8-7-18-11-4-5-13(20)17(18)22-16-14(21-2)6-3-10(15(16)18)9-12(11)19/h3-6,13,16,21H,7-9H2,1-2H3;3-6,11-12,17H,7-9H2,1-2H3/t13-,16?,17+,18-;11-,12+,17-,18-/m10/s1. The van der Waals surface area contributed by atoms with Crippen LogP contribution < -0.4 is 18.9 Å². The molecule has 10 rings (SSSR count). The predicted molar refractivity (Wildman–Crippen MR) is 164 cm³/mol. The highest BCUT2D eigenvalue weighted by Gasteiger charge is 2.72. The van der Waals surface area contributed by atoms with Gasteiger partial charge < -0.3 is 29.0 Å². The average Bonchev–Trinajstić information content (AvgIpc) is 3.58. The Morgan fingerprint density at radius 1 is 0.822 bits per heavy atom. The number of aliphatic hydroxyl groups is 1. The first-order chi connectivity index (χ1) is 21.7. The fourth-order valence-corrected chi connectivity index (χ4v) is 10.5. The molecule has 2 aromatic rings. The number of ether oxygens (including phenoxy) is 4. The molecule has 1 unspecified atom stereocenters. The van der Waals surface area contributed by atoms with Gasteiger partial charge in [-0.05, 0) is 94.4 Å². The lowest BCUT2D eigenvalue weighted by atomic mass is 9.51. The lowest BCUT2D eigenvalue weighted by Crippen LogP contribution is -2.74. The zero-order chi connectivity index (χ0) is 31.0. The molecule has 2 fully saturated rings. The zero-order valence-corrected chi connectivity index (χ0v) is 26.0. The number of hydrogen-bond acceptors (Lipinski definition) is 9. The maximum Gasteiger partial charge on any atom is 0.196 e. The molecule has 2 spiro atoms. The van der Waals surface area contributed by atoms with Crippen molar-refractivity contribution in [1.29, 1.82) is 0 Å². The van der Waals surface area contributed by atoms with Crippen LogP contribution in [-0.4, -0.2) is 97.8 Å². The summed E-state index contributed by atoms with van der Waals surface area (Å²) >= 11 is 0. The third-order valence-corrected chi connectivity index (χ3v) is 12.5. The van der Waals surface area contributed by atoms with Gasteiger partial charge in [-0.1, -0.05) is 18.2 Å². The van der Waals surface area contributed by atoms with Gasteiger partial charge >= 0.3 is 0 Å². The van der Waals surface area contributed by atoms with Crippen molar-refractivity contribution in [3.05, 3.63) is 70.8 Å². The van der Waals surface area contributed by atoms with Crippen molar-refractivity contribution >= 4 is 11.6 Å². The number of ketones is 2. The van der Waals surface area contributed by atoms with Crippen molar-refractivity contribution in [1.82, 2.24) is 9.80 Å². The third kappa shape index (κ3) is 3.10. The molecule has 0 saturated carbocycles. The van der Waals surface area contributed by atoms with Crippen LogP contribution in [0.5, 0.6) is 23.0 Å². The van der Waals surface area contributed by atoms with E-state index >= 15 is 0 Å². The van der Waals surface area contributed by atoms with Crippen LogP contribution in [0.15, 0.2) is 48.6 Å². The number of likely N-dealkylation sites (N-methyl/N-ethyl adjacent to an activating group) is 2. The van der Waals surface area contributed by atoms with Crippen LogP contribution in [0.4, 0.5) is 0 Å². The highest BCUT2D eigenvalue weighted by molar-refractivity contribution is 5.99. The molecule has 2 aromatic carbocycles. The van der Waals surface area contributed by atoms with Gasteiger partial charge in [0.1, 0.15) is 5.60 Å². The summed E-state index contributed by atoms with van der Waals surface area (Å²) in [5.41, 5.74) is 2.79. The number of rotatable bonds is 2. The topological polar surface area (TPSA) is 97.8 Å². The molecule has 0 aromatic heterocycles. The highest BCUT2D eigenvalue weighted by Crippen LogP contribution is 2.64. The summed E-state index contributed by atoms with van der Waals surface area (Å²) in [6, 6.07) is 8.52. The lowest BCUT2D eigenvalue weighted by Gasteiger charge is -2.60. The summed E-state index contributed by atoms with van der Waals surface area (Å²) in [7, 11) is 7.51. The number of carbonyl (C=O) groups is 2. The van der Waals surface area contributed by atoms with E-state index in [-0.39, 0.29) is 29.1 Å². The van der Waals surface area contributed by atoms with E-state index in [0.29, 0.717) is 29.9 Å². The number of hydrogen-bond donors (Lipinski definition) is 1. The van der Waals surface area contributed by atoms with Crippen molar-refractivity contribution in [2.75, 3.05) is 41.4 Å². The molecule has 4 aliphatic carbocycles. The molecule has 9 heteroatoms. The largest absolute Gasteiger partial charge is 0.493 e. The van der Waals surface area contributed by atoms with Crippen LogP contribution in [0.1, 0.15) is 35.1 Å². The van der Waals surface area contributed by atoms with Crippen LogP contribution in [0.25, 0.3) is 0 Å². The molecule has 4 aliphatic heterocycles. The number of carbonyl (C=O) groups excluding carboxylic acids is 2. The predicted octanol–water partition coefficient (Wildman–Crippen LogP) is 2.53. The molecule has 4 bridgehead atoms. The van der Waals surface area contributed by atoms with Crippen molar-refractivity contribution in [3.63, 3.8) is 0 Å². The number of likely N-dealkylation sites (tertiary alicyclic amines) is 2. The van der Waals surface area contributed by atoms with Crippen LogP contribution in [-0.2, 0) is 33.3 Å². The van der Waals surface area contributed by atoms with E-state index in [9.17, 15) is 14.7 Å². The van der Waals surface area contributed by atoms with E-state index in [1.165, 1.54) is 17.2 Å². The van der Waals surface area contributed by atoms with Crippen molar-refractivity contribution in [3.8, 4) is 23.0 Å². The molecule has 45 heavy (non-hydrogen) atoms. The maximum atomic E-state index is 12.6. The van der Waals surface area contributed by atoms with Gasteiger partial charge in [0, 0.05) is 29.1 Å². The monoisotopic (exact) mass is 610 g/mol. The number of methoxy groups -OCH3 is 2. The normalized spacial score (nSPS) is 38.8. The molecule has 0 amide bonds. The molecule has 234 valence electrons. The Hall–Kier alpha value is -3.66. The second-order valence-corrected chi connectivity index (χ2v) is 14.1. The molecule has 2 saturated heterocycles. The second kappa shape index (κ2) is 8.99. The van der Waals surface area contributed by atoms with Crippen molar-refractivity contribution < 1.29 is 33.6 Å². The van der Waals surface area contributed by atoms with Gasteiger partial charge in [0.2, 0.25) is 0 Å². The molecule has 8 aliphatic rings. The Labute approximate surface area is 262 Å². The number of piperidine rings is 2. The maximum absolute atomic E-state index is 12.6. The Kier molecular flexibility index (Phi) is 5.52. The molecule has 8 atom stereocenters. The third-order valence-electron chi connectivity index (χ3n) is 12.5. The molecular formula is C36H38N2O7. The fourth-order valence-electron chi connectivity index (χ4n) is 10.5. The van der Waals surface area contributed by atoms with E-state index in [1.807, 2.05) is 19.2 Å². The van der Waals surface area contributed by atoms with Gasteiger partial charge in [0.25, 0.3) is 0 Å². The SMILES string of the molecule is COc1ccc2c3c1OC1C(=O)C=C[C@@]4(O)[C@@H](C2)N(C)CC[C@]314.COc1ccc2c3c1O[C@H]1C(=O)C=C[C@H]4[C@@H](C2)N(C)CC[C@]314. The van der Waals surface area contributed by atoms with E-state index < -0.39 is 17.1 Å². The average molecular weight is 611 g/mol. The lowest BCUT2D eigenvalue weighted by molar-refractivity contribution is -0.151. The van der Waals surface area contributed by atoms with E-state index in [0.717, 1.165) is 55.0 Å². The highest BCUT2D eigenvalue weighted by atomic mass is 16.5. The molecule has 9 nitrogen and oxygen atoms in total. The van der Waals surface area contributed by atoms with Crippen LogP contribution in [0.2, 0.25) is 0 Å². The first-order valence-electron chi connectivity index (χ1n) is 16.0. The van der Waals surface area contributed by atoms with Crippen LogP contribution in [0, 0.1) is 5.92 Å². The number of benzene rings is 2. The first kappa shape index (κ1) is 27.6. The van der Waals surface area contributed by atoms with Crippen molar-refractivity contribution in [2.45, 2.75) is 66.4 Å². The summed E-state index contributed by atoms with van der Waals surface area (Å²) < 4.78 is 23.3. The minimum absolute atomic E-state index is 0.0430. The smallest absolute Gasteiger partial charge is 0.196 e. The Bertz CT molecular complexity index is 1750. The second-order valence-electron chi connectivity index (χ2n) is 14.1. The Morgan fingerprint density at radius 3 is 2.20 bits per heavy atom. The number of nitrogens with zero attached hydrogens (tertiary/aromatic N) is 2. The molecular weight excluding hydrogens is 572 g/mol. The van der Waals surface area contributed by atoms with Gasteiger partial charge in [-0.3, -0.25) is 14.5 Å². The summed E-state index contributed by atoms with van der Waals surface area (Å²) in [4.78, 5) is 29.7. The van der Waals surface area contributed by atoms with E-state index in [2.05, 4.69) is 35.1 Å². The van der Waals surface area contributed by atoms with Crippen molar-refractivity contribution in [2.24, 2.45) is 5.92 Å². The minimum atomic E-state index is -1.08. The zero-order valence-electron chi connectivity index (χ0n) is 26.0. The Balaban J connectivity index is 0.000000125. The summed E-state index contributed by atoms with van der Waals surface area (Å²) in [6.45, 7) is 1.85. The van der Waals surface area contributed by atoms with Gasteiger partial charge in [-0.2, -0.15) is 0 Å². The summed E-state index contributed by atoms with van der Waals surface area (Å²) in [6.07, 6.45) is 9.50. The minimum Gasteiger partial charge on any atom is -0.493 e. The van der Waals surface area contributed by atoms with Gasteiger partial charge in [0.15, 0.2) is 46.8 Å². The van der Waals surface area contributed by atoms with Crippen LogP contribution in [0.3, 0.4) is 0 Å². The van der Waals surface area contributed by atoms with Gasteiger partial charge in [-0.15, -0.1) is 0 Å². The first-order valence-corrected chi connectivity index (χ1v) is 16.0. The van der Waals surface area contributed by atoms with Gasteiger partial charge in [0.05, 0.1) is 25.0 Å². The fraction of sp³-hybridized carbons (Fsp3) is 0.500. The summed E-state index contributed by atoms with van der Waals surface area (Å²) in [5, 5.41) is 11.7. The molecule has 4 heterocycles. The Morgan fingerprint density at radius 2 is 1.47 bits per heavy atom. The van der Waals surface area contributed by atoms with Crippen LogP contribution >= 0.6 is 0 Å². The molecule has 1 N–H and O–H groups in total. The quantitative estimate of drug-likeness (QED) is 0.550.